The molecule has 0 fully saturated rings. The van der Waals surface area contributed by atoms with Crippen LogP contribution in [0, 0.1) is 5.92 Å². The molecule has 4 heteroatoms. The molecular formula is C18H23NO3. The zero-order chi connectivity index (χ0) is 15.8. The molecule has 0 radical (unpaired) electrons. The number of carbonyl (C=O) groups is 1. The van der Waals surface area contributed by atoms with Crippen LogP contribution in [-0.2, 0) is 11.2 Å². The Morgan fingerprint density at radius 3 is 2.91 bits per heavy atom. The molecule has 0 aromatic heterocycles. The van der Waals surface area contributed by atoms with Gasteiger partial charge in [-0.3, -0.25) is 4.79 Å². The second-order valence-electron chi connectivity index (χ2n) is 5.65. The second-order valence-corrected chi connectivity index (χ2v) is 5.65. The molecule has 22 heavy (non-hydrogen) atoms. The Kier molecular flexibility index (Phi) is 6.07. The van der Waals surface area contributed by atoms with E-state index in [2.05, 4.69) is 31.3 Å². The van der Waals surface area contributed by atoms with Gasteiger partial charge in [-0.1, -0.05) is 38.1 Å². The molecule has 1 aromatic rings. The van der Waals surface area contributed by atoms with Crippen molar-refractivity contribution in [2.45, 2.75) is 26.7 Å². The number of amides is 1. The highest BCUT2D eigenvalue weighted by Gasteiger charge is 2.12. The van der Waals surface area contributed by atoms with Gasteiger partial charge >= 0.3 is 0 Å². The van der Waals surface area contributed by atoms with Crippen LogP contribution in [0.5, 0.6) is 11.5 Å². The van der Waals surface area contributed by atoms with Crippen LogP contribution in [0.2, 0.25) is 0 Å². The standard InChI is InChI=1S/C18H23NO3/c1-14(2)12-19-18(20)8-6-4-3-5-7-15-9-10-16-17(11-15)22-13-21-16/h3-4,6,8-11,14H,5,7,12-13H2,1-2H3,(H,19,20)/b4-3-,8-6-. The van der Waals surface area contributed by atoms with Gasteiger partial charge in [0.05, 0.1) is 0 Å². The number of fused-ring (bicyclic) bond motifs is 1. The summed E-state index contributed by atoms with van der Waals surface area (Å²) in [6.45, 7) is 5.15. The van der Waals surface area contributed by atoms with E-state index in [0.29, 0.717) is 19.3 Å². The van der Waals surface area contributed by atoms with E-state index >= 15 is 0 Å². The maximum absolute atomic E-state index is 11.5. The summed E-state index contributed by atoms with van der Waals surface area (Å²) < 4.78 is 10.6. The summed E-state index contributed by atoms with van der Waals surface area (Å²) in [5, 5.41) is 2.84. The first-order valence-corrected chi connectivity index (χ1v) is 7.64. The zero-order valence-corrected chi connectivity index (χ0v) is 13.2. The van der Waals surface area contributed by atoms with E-state index in [1.54, 1.807) is 12.2 Å². The largest absolute Gasteiger partial charge is 0.454 e. The van der Waals surface area contributed by atoms with E-state index in [0.717, 1.165) is 24.3 Å². The molecule has 2 rings (SSSR count). The lowest BCUT2D eigenvalue weighted by Crippen LogP contribution is -2.25. The van der Waals surface area contributed by atoms with Crippen molar-refractivity contribution in [1.29, 1.82) is 0 Å². The van der Waals surface area contributed by atoms with Crippen LogP contribution < -0.4 is 14.8 Å². The van der Waals surface area contributed by atoms with Gasteiger partial charge in [-0.15, -0.1) is 0 Å². The van der Waals surface area contributed by atoms with Gasteiger partial charge in [0.25, 0.3) is 0 Å². The molecule has 0 saturated carbocycles. The van der Waals surface area contributed by atoms with Gasteiger partial charge in [0.2, 0.25) is 12.7 Å². The fourth-order valence-corrected chi connectivity index (χ4v) is 2.03. The lowest BCUT2D eigenvalue weighted by molar-refractivity contribution is -0.116. The van der Waals surface area contributed by atoms with Crippen LogP contribution in [0.3, 0.4) is 0 Å². The highest BCUT2D eigenvalue weighted by atomic mass is 16.7. The first-order chi connectivity index (χ1) is 10.6. The predicted octanol–water partition coefficient (Wildman–Crippen LogP) is 3.23. The molecule has 0 saturated heterocycles. The van der Waals surface area contributed by atoms with E-state index in [1.165, 1.54) is 5.56 Å². The number of hydrogen-bond acceptors (Lipinski definition) is 3. The second kappa shape index (κ2) is 8.27. The Labute approximate surface area is 131 Å². The van der Waals surface area contributed by atoms with Crippen LogP contribution in [0.4, 0.5) is 0 Å². The topological polar surface area (TPSA) is 47.6 Å². The molecule has 1 aliphatic heterocycles. The maximum Gasteiger partial charge on any atom is 0.243 e. The van der Waals surface area contributed by atoms with Gasteiger partial charge in [0.15, 0.2) is 11.5 Å². The third-order valence-corrected chi connectivity index (χ3v) is 3.22. The van der Waals surface area contributed by atoms with Crippen molar-refractivity contribution in [2.75, 3.05) is 13.3 Å². The summed E-state index contributed by atoms with van der Waals surface area (Å²) in [4.78, 5) is 11.5. The van der Waals surface area contributed by atoms with E-state index in [-0.39, 0.29) is 5.91 Å². The summed E-state index contributed by atoms with van der Waals surface area (Å²) in [7, 11) is 0. The average molecular weight is 301 g/mol. The van der Waals surface area contributed by atoms with Gasteiger partial charge in [-0.2, -0.15) is 0 Å². The number of allylic oxidation sites excluding steroid dienone is 3. The number of nitrogens with one attached hydrogen (secondary N) is 1. The Hall–Kier alpha value is -2.23. The SMILES string of the molecule is CC(C)CNC(=O)/C=C\C=C/CCc1ccc2c(c1)OCO2. The Balaban J connectivity index is 1.68. The van der Waals surface area contributed by atoms with Crippen molar-refractivity contribution in [2.24, 2.45) is 5.92 Å². The fraction of sp³-hybridized carbons (Fsp3) is 0.389. The number of aryl methyl sites for hydroxylation is 1. The number of benzene rings is 1. The average Bonchev–Trinajstić information content (AvgIpc) is 2.96. The van der Waals surface area contributed by atoms with Crippen molar-refractivity contribution in [3.05, 3.63) is 48.1 Å². The summed E-state index contributed by atoms with van der Waals surface area (Å²) in [6.07, 6.45) is 9.13. The van der Waals surface area contributed by atoms with Gasteiger partial charge in [0.1, 0.15) is 0 Å². The molecule has 1 heterocycles. The first-order valence-electron chi connectivity index (χ1n) is 7.64. The Morgan fingerprint density at radius 1 is 1.27 bits per heavy atom. The number of ether oxygens (including phenoxy) is 2. The fourth-order valence-electron chi connectivity index (χ4n) is 2.03. The predicted molar refractivity (Wildman–Crippen MR) is 87.0 cm³/mol. The molecule has 0 aliphatic carbocycles. The number of carbonyl (C=O) groups excluding carboxylic acids is 1. The Morgan fingerprint density at radius 2 is 2.09 bits per heavy atom. The summed E-state index contributed by atoms with van der Waals surface area (Å²) in [6, 6.07) is 6.02. The van der Waals surface area contributed by atoms with E-state index < -0.39 is 0 Å². The minimum atomic E-state index is -0.0471. The molecule has 1 aliphatic rings. The molecule has 0 unspecified atom stereocenters. The summed E-state index contributed by atoms with van der Waals surface area (Å²) in [5.74, 6) is 2.06. The van der Waals surface area contributed by atoms with Crippen LogP contribution in [-0.4, -0.2) is 19.2 Å². The molecule has 1 aromatic carbocycles. The lowest BCUT2D eigenvalue weighted by atomic mass is 10.1. The monoisotopic (exact) mass is 301 g/mol. The molecule has 0 atom stereocenters. The van der Waals surface area contributed by atoms with Crippen molar-refractivity contribution in [1.82, 2.24) is 5.32 Å². The van der Waals surface area contributed by atoms with Crippen LogP contribution in [0.1, 0.15) is 25.8 Å². The van der Waals surface area contributed by atoms with Crippen molar-refractivity contribution >= 4 is 5.91 Å². The van der Waals surface area contributed by atoms with Crippen LogP contribution >= 0.6 is 0 Å². The molecule has 0 bridgehead atoms. The zero-order valence-electron chi connectivity index (χ0n) is 13.2. The summed E-state index contributed by atoms with van der Waals surface area (Å²) >= 11 is 0. The maximum atomic E-state index is 11.5. The highest BCUT2D eigenvalue weighted by molar-refractivity contribution is 5.87. The smallest absolute Gasteiger partial charge is 0.243 e. The lowest BCUT2D eigenvalue weighted by Gasteiger charge is -2.03. The quantitative estimate of drug-likeness (QED) is 0.621. The van der Waals surface area contributed by atoms with E-state index in [1.807, 2.05) is 18.2 Å². The van der Waals surface area contributed by atoms with Gasteiger partial charge < -0.3 is 14.8 Å². The first kappa shape index (κ1) is 16.1. The Bertz CT molecular complexity index is 561. The third-order valence-electron chi connectivity index (χ3n) is 3.22. The highest BCUT2D eigenvalue weighted by Crippen LogP contribution is 2.32. The third kappa shape index (κ3) is 5.28. The van der Waals surface area contributed by atoms with Gasteiger partial charge in [0, 0.05) is 12.6 Å². The minimum absolute atomic E-state index is 0.0471. The molecule has 4 nitrogen and oxygen atoms in total. The van der Waals surface area contributed by atoms with Crippen LogP contribution in [0.25, 0.3) is 0 Å². The normalized spacial score (nSPS) is 13.4. The minimum Gasteiger partial charge on any atom is -0.454 e. The number of hydrogen-bond donors (Lipinski definition) is 1. The molecule has 118 valence electrons. The molecule has 1 amide bonds. The van der Waals surface area contributed by atoms with Crippen LogP contribution in [0.15, 0.2) is 42.5 Å². The molecule has 1 N–H and O–H groups in total. The van der Waals surface area contributed by atoms with E-state index in [9.17, 15) is 4.79 Å². The van der Waals surface area contributed by atoms with Gasteiger partial charge in [-0.05, 0) is 36.5 Å². The molecular weight excluding hydrogens is 278 g/mol. The van der Waals surface area contributed by atoms with Crippen molar-refractivity contribution < 1.29 is 14.3 Å². The molecule has 0 spiro atoms. The van der Waals surface area contributed by atoms with Crippen molar-refractivity contribution in [3.63, 3.8) is 0 Å². The van der Waals surface area contributed by atoms with Crippen molar-refractivity contribution in [3.8, 4) is 11.5 Å². The van der Waals surface area contributed by atoms with Gasteiger partial charge in [-0.25, -0.2) is 0 Å². The number of rotatable bonds is 7. The summed E-state index contributed by atoms with van der Waals surface area (Å²) in [5.41, 5.74) is 1.22. The van der Waals surface area contributed by atoms with E-state index in [4.69, 9.17) is 9.47 Å².